The number of rotatable bonds is 8. The van der Waals surface area contributed by atoms with E-state index in [4.69, 9.17) is 14.2 Å². The van der Waals surface area contributed by atoms with Gasteiger partial charge in [-0.05, 0) is 36.8 Å². The Balaban J connectivity index is 2.13. The third-order valence-corrected chi connectivity index (χ3v) is 5.69. The summed E-state index contributed by atoms with van der Waals surface area (Å²) in [4.78, 5) is 27.3. The fourth-order valence-electron chi connectivity index (χ4n) is 3.50. The minimum Gasteiger partial charge on any atom is -0.496 e. The average molecular weight is 433 g/mol. The lowest BCUT2D eigenvalue weighted by Gasteiger charge is -2.26. The molecule has 2 aromatic carbocycles. The van der Waals surface area contributed by atoms with Gasteiger partial charge in [0.1, 0.15) is 15.6 Å². The zero-order valence-electron chi connectivity index (χ0n) is 17.2. The molecular formula is C21H23NO7S. The summed E-state index contributed by atoms with van der Waals surface area (Å²) in [6, 6.07) is 8.51. The van der Waals surface area contributed by atoms with Crippen LogP contribution in [-0.2, 0) is 9.84 Å². The molecule has 0 aromatic heterocycles. The molecule has 0 bridgehead atoms. The number of hydrogen-bond acceptors (Lipinski definition) is 7. The molecule has 9 heteroatoms. The van der Waals surface area contributed by atoms with E-state index in [1.807, 2.05) is 0 Å². The minimum absolute atomic E-state index is 0.127. The van der Waals surface area contributed by atoms with Gasteiger partial charge < -0.3 is 14.2 Å². The van der Waals surface area contributed by atoms with Crippen LogP contribution in [0.4, 0.5) is 0 Å². The van der Waals surface area contributed by atoms with Crippen LogP contribution in [0.15, 0.2) is 36.4 Å². The largest absolute Gasteiger partial charge is 0.496 e. The van der Waals surface area contributed by atoms with E-state index in [-0.39, 0.29) is 16.9 Å². The third kappa shape index (κ3) is 3.97. The molecule has 0 spiro atoms. The van der Waals surface area contributed by atoms with Gasteiger partial charge in [-0.2, -0.15) is 0 Å². The smallest absolute Gasteiger partial charge is 0.265 e. The Labute approximate surface area is 175 Å². The number of methoxy groups -OCH3 is 2. The number of carbonyl (C=O) groups excluding carboxylic acids is 2. The second kappa shape index (κ2) is 8.35. The van der Waals surface area contributed by atoms with Crippen LogP contribution in [0.3, 0.4) is 0 Å². The number of nitrogens with zero attached hydrogens (tertiary/aromatic N) is 1. The van der Waals surface area contributed by atoms with Crippen molar-refractivity contribution in [1.29, 1.82) is 0 Å². The summed E-state index contributed by atoms with van der Waals surface area (Å²) >= 11 is 0. The number of carbonyl (C=O) groups is 2. The lowest BCUT2D eigenvalue weighted by Crippen LogP contribution is -2.37. The van der Waals surface area contributed by atoms with Crippen molar-refractivity contribution in [1.82, 2.24) is 4.90 Å². The van der Waals surface area contributed by atoms with Crippen molar-refractivity contribution >= 4 is 21.7 Å². The topological polar surface area (TPSA) is 99.2 Å². The number of hydrogen-bond donors (Lipinski definition) is 0. The van der Waals surface area contributed by atoms with E-state index >= 15 is 0 Å². The second-order valence-electron chi connectivity index (χ2n) is 6.81. The highest BCUT2D eigenvalue weighted by Gasteiger charge is 2.43. The number of fused-ring (bicyclic) bond motifs is 1. The van der Waals surface area contributed by atoms with Crippen molar-refractivity contribution < 1.29 is 32.2 Å². The second-order valence-corrected chi connectivity index (χ2v) is 9.00. The standard InChI is InChI=1S/C21H23NO7S/c1-5-29-18-11-13(9-10-16(18)27-2)15(12-30(4,25)26)22-20(23)14-7-6-8-17(28-3)19(14)21(22)24/h6-11,15H,5,12H2,1-4H3/t15-/m1/s1. The monoisotopic (exact) mass is 433 g/mol. The van der Waals surface area contributed by atoms with Crippen LogP contribution >= 0.6 is 0 Å². The predicted molar refractivity (Wildman–Crippen MR) is 110 cm³/mol. The van der Waals surface area contributed by atoms with Gasteiger partial charge >= 0.3 is 0 Å². The average Bonchev–Trinajstić information content (AvgIpc) is 2.96. The third-order valence-electron chi connectivity index (χ3n) is 4.77. The first-order chi connectivity index (χ1) is 14.2. The molecule has 1 heterocycles. The highest BCUT2D eigenvalue weighted by Crippen LogP contribution is 2.38. The molecule has 160 valence electrons. The van der Waals surface area contributed by atoms with E-state index in [1.54, 1.807) is 37.3 Å². The van der Waals surface area contributed by atoms with Gasteiger partial charge in [-0.15, -0.1) is 0 Å². The summed E-state index contributed by atoms with van der Waals surface area (Å²) < 4.78 is 40.5. The van der Waals surface area contributed by atoms with E-state index < -0.39 is 33.4 Å². The van der Waals surface area contributed by atoms with Crippen molar-refractivity contribution in [3.05, 3.63) is 53.1 Å². The van der Waals surface area contributed by atoms with Gasteiger partial charge in [0, 0.05) is 6.26 Å². The Hall–Kier alpha value is -3.07. The molecule has 1 aliphatic heterocycles. The zero-order chi connectivity index (χ0) is 22.1. The minimum atomic E-state index is -3.55. The highest BCUT2D eigenvalue weighted by atomic mass is 32.2. The van der Waals surface area contributed by atoms with Gasteiger partial charge in [0.2, 0.25) is 0 Å². The molecule has 30 heavy (non-hydrogen) atoms. The fraction of sp³-hybridized carbons (Fsp3) is 0.333. The van der Waals surface area contributed by atoms with E-state index in [2.05, 4.69) is 0 Å². The molecule has 0 saturated heterocycles. The van der Waals surface area contributed by atoms with Gasteiger partial charge in [-0.1, -0.05) is 12.1 Å². The van der Waals surface area contributed by atoms with Crippen molar-refractivity contribution in [2.45, 2.75) is 13.0 Å². The lowest BCUT2D eigenvalue weighted by atomic mass is 10.1. The molecule has 0 saturated carbocycles. The fourth-order valence-corrected chi connectivity index (χ4v) is 4.42. The van der Waals surface area contributed by atoms with Crippen molar-refractivity contribution in [3.8, 4) is 17.2 Å². The first-order valence-electron chi connectivity index (χ1n) is 9.25. The lowest BCUT2D eigenvalue weighted by molar-refractivity contribution is 0.0596. The molecule has 0 N–H and O–H groups in total. The van der Waals surface area contributed by atoms with Gasteiger partial charge in [-0.25, -0.2) is 8.42 Å². The number of ether oxygens (including phenoxy) is 3. The summed E-state index contributed by atoms with van der Waals surface area (Å²) in [5.41, 5.74) is 0.747. The molecule has 2 amide bonds. The van der Waals surface area contributed by atoms with Crippen LogP contribution in [0.25, 0.3) is 0 Å². The number of amides is 2. The molecule has 1 aliphatic rings. The van der Waals surface area contributed by atoms with Crippen LogP contribution in [0.1, 0.15) is 39.2 Å². The Bertz CT molecular complexity index is 1090. The molecule has 2 aromatic rings. The van der Waals surface area contributed by atoms with Gasteiger partial charge in [0.25, 0.3) is 11.8 Å². The first kappa shape index (κ1) is 21.6. The quantitative estimate of drug-likeness (QED) is 0.590. The summed E-state index contributed by atoms with van der Waals surface area (Å²) in [6.07, 6.45) is 1.06. The van der Waals surface area contributed by atoms with E-state index in [9.17, 15) is 18.0 Å². The Morgan fingerprint density at radius 2 is 1.67 bits per heavy atom. The van der Waals surface area contributed by atoms with Crippen LogP contribution in [0.5, 0.6) is 17.2 Å². The van der Waals surface area contributed by atoms with Gasteiger partial charge in [0.15, 0.2) is 11.5 Å². The SMILES string of the molecule is CCOc1cc([C@@H](CS(C)(=O)=O)N2C(=O)c3cccc(OC)c3C2=O)ccc1OC. The van der Waals surface area contributed by atoms with Crippen molar-refractivity contribution in [3.63, 3.8) is 0 Å². The Kier molecular flexibility index (Phi) is 6.02. The first-order valence-corrected chi connectivity index (χ1v) is 11.3. The van der Waals surface area contributed by atoms with Gasteiger partial charge in [-0.3, -0.25) is 14.5 Å². The Morgan fingerprint density at radius 3 is 2.27 bits per heavy atom. The van der Waals surface area contributed by atoms with E-state index in [0.717, 1.165) is 11.2 Å². The molecule has 3 rings (SSSR count). The van der Waals surface area contributed by atoms with Gasteiger partial charge in [0.05, 0.1) is 43.7 Å². The molecule has 0 fully saturated rings. The summed E-state index contributed by atoms with van der Waals surface area (Å²) in [7, 11) is -0.656. The molecule has 8 nitrogen and oxygen atoms in total. The summed E-state index contributed by atoms with van der Waals surface area (Å²) in [5.74, 6) is -0.492. The maximum Gasteiger partial charge on any atom is 0.265 e. The highest BCUT2D eigenvalue weighted by molar-refractivity contribution is 7.90. The molecule has 0 aliphatic carbocycles. The maximum atomic E-state index is 13.2. The zero-order valence-corrected chi connectivity index (χ0v) is 18.0. The normalized spacial score (nSPS) is 14.5. The van der Waals surface area contributed by atoms with Crippen molar-refractivity contribution in [2.75, 3.05) is 32.8 Å². The molecular weight excluding hydrogens is 410 g/mol. The number of sulfone groups is 1. The van der Waals surface area contributed by atoms with Crippen LogP contribution < -0.4 is 14.2 Å². The van der Waals surface area contributed by atoms with E-state index in [0.29, 0.717) is 23.7 Å². The van der Waals surface area contributed by atoms with Crippen LogP contribution in [0.2, 0.25) is 0 Å². The van der Waals surface area contributed by atoms with Crippen LogP contribution in [0, 0.1) is 0 Å². The molecule has 0 unspecified atom stereocenters. The predicted octanol–water partition coefficient (Wildman–Crippen LogP) is 2.48. The summed E-state index contributed by atoms with van der Waals surface area (Å²) in [6.45, 7) is 2.16. The molecule has 1 atom stereocenters. The van der Waals surface area contributed by atoms with Crippen LogP contribution in [-0.4, -0.2) is 58.0 Å². The number of imide groups is 1. The summed E-state index contributed by atoms with van der Waals surface area (Å²) in [5, 5.41) is 0. The van der Waals surface area contributed by atoms with E-state index in [1.165, 1.54) is 20.3 Å². The number of benzene rings is 2. The Morgan fingerprint density at radius 1 is 0.967 bits per heavy atom. The maximum absolute atomic E-state index is 13.2. The molecule has 0 radical (unpaired) electrons. The van der Waals surface area contributed by atoms with Crippen molar-refractivity contribution in [2.24, 2.45) is 0 Å².